The van der Waals surface area contributed by atoms with E-state index in [1.165, 1.54) is 10.9 Å². The van der Waals surface area contributed by atoms with Crippen LogP contribution in [0.3, 0.4) is 0 Å². The molecule has 31 heavy (non-hydrogen) atoms. The zero-order valence-corrected chi connectivity index (χ0v) is 17.3. The van der Waals surface area contributed by atoms with Crippen molar-refractivity contribution < 1.29 is 28.2 Å². The van der Waals surface area contributed by atoms with E-state index in [0.29, 0.717) is 0 Å². The summed E-state index contributed by atoms with van der Waals surface area (Å²) in [6.07, 6.45) is -4.54. The van der Waals surface area contributed by atoms with Crippen LogP contribution in [0.5, 0.6) is 0 Å². The van der Waals surface area contributed by atoms with E-state index < -0.39 is 38.0 Å². The smallest absolute Gasteiger partial charge is 0.382 e. The van der Waals surface area contributed by atoms with Gasteiger partial charge in [-0.25, -0.2) is 19.0 Å². The maximum atomic E-state index is 15.2. The Morgan fingerprint density at radius 1 is 1.39 bits per heavy atom. The van der Waals surface area contributed by atoms with Crippen molar-refractivity contribution in [3.05, 3.63) is 47.5 Å². The normalized spacial score (nSPS) is 31.5. The predicted octanol–water partition coefficient (Wildman–Crippen LogP) is 1.32. The van der Waals surface area contributed by atoms with Crippen LogP contribution in [0.1, 0.15) is 11.8 Å². The Hall–Kier alpha value is -2.18. The Morgan fingerprint density at radius 2 is 2.13 bits per heavy atom. The number of rotatable bonds is 6. The van der Waals surface area contributed by atoms with Gasteiger partial charge in [0.1, 0.15) is 17.7 Å². The van der Waals surface area contributed by atoms with Crippen LogP contribution >= 0.6 is 19.3 Å². The highest BCUT2D eigenvalue weighted by Crippen LogP contribution is 2.60. The summed E-state index contributed by atoms with van der Waals surface area (Å²) in [5, 5.41) is 12.9. The molecule has 1 aliphatic heterocycles. The van der Waals surface area contributed by atoms with Crippen molar-refractivity contribution in [2.45, 2.75) is 36.8 Å². The Bertz CT molecular complexity index is 1200. The fraction of sp³-hybridized carbons (Fsp3) is 0.353. The van der Waals surface area contributed by atoms with Gasteiger partial charge in [-0.1, -0.05) is 30.3 Å². The number of halogens is 2. The van der Waals surface area contributed by atoms with E-state index in [1.807, 2.05) is 6.07 Å². The molecular formula is C17H17ClFN6O5P. The molecule has 1 saturated carbocycles. The van der Waals surface area contributed by atoms with Crippen molar-refractivity contribution in [2.75, 3.05) is 5.73 Å². The number of hydrogen-bond donors (Lipinski definition) is 4. The summed E-state index contributed by atoms with van der Waals surface area (Å²) in [7, 11) is -4.34. The summed E-state index contributed by atoms with van der Waals surface area (Å²) < 4.78 is 39.4. The predicted molar refractivity (Wildman–Crippen MR) is 106 cm³/mol. The van der Waals surface area contributed by atoms with Crippen LogP contribution in [0.15, 0.2) is 36.7 Å². The van der Waals surface area contributed by atoms with Crippen molar-refractivity contribution in [3.63, 3.8) is 0 Å². The first-order chi connectivity index (χ1) is 14.7. The molecule has 1 aromatic carbocycles. The lowest BCUT2D eigenvalue weighted by Crippen LogP contribution is -2.34. The molecule has 0 radical (unpaired) electrons. The second-order valence-electron chi connectivity index (χ2n) is 7.31. The van der Waals surface area contributed by atoms with Crippen molar-refractivity contribution in [3.8, 4) is 0 Å². The van der Waals surface area contributed by atoms with Crippen molar-refractivity contribution in [1.82, 2.24) is 24.6 Å². The molecular weight excluding hydrogens is 454 g/mol. The zero-order valence-electron chi connectivity index (χ0n) is 15.7. The molecule has 164 valence electrons. The van der Waals surface area contributed by atoms with E-state index >= 15 is 4.39 Å². The highest BCUT2D eigenvalue weighted by Gasteiger charge is 2.80. The maximum Gasteiger partial charge on any atom is 0.403 e. The Morgan fingerprint density at radius 3 is 2.81 bits per heavy atom. The highest BCUT2D eigenvalue weighted by atomic mass is 35.5. The standard InChI is InChI=1S/C17H17ClFN6O5P/c18-16-23-13(20)9-14(24-16)25(7-21-9)15-10(19)17(26)11(29-15)12(17)30-31(27,28)22-6-8-4-2-1-3-5-8/h1-5,7,10-12,15,26H,6H2,(H2,20,23,24)(H2,22,27,28)/t10-,11-,12?,15-,17+/m1/s1. The van der Waals surface area contributed by atoms with Crippen molar-refractivity contribution >= 4 is 36.3 Å². The molecule has 2 unspecified atom stereocenters. The number of fused-ring (bicyclic) bond motifs is 2. The van der Waals surface area contributed by atoms with Gasteiger partial charge in [-0.3, -0.25) is 9.09 Å². The molecule has 3 heterocycles. The lowest BCUT2D eigenvalue weighted by atomic mass is 10.2. The molecule has 2 aliphatic rings. The minimum absolute atomic E-state index is 0.0120. The second-order valence-corrected chi connectivity index (χ2v) is 9.21. The van der Waals surface area contributed by atoms with E-state index in [2.05, 4.69) is 20.0 Å². The summed E-state index contributed by atoms with van der Waals surface area (Å²) in [5.74, 6) is 0.0120. The van der Waals surface area contributed by atoms with Gasteiger partial charge in [-0.05, 0) is 17.2 Å². The number of aromatic nitrogens is 4. The molecule has 1 saturated heterocycles. The van der Waals surface area contributed by atoms with Gasteiger partial charge in [0.05, 0.1) is 6.33 Å². The average molecular weight is 471 g/mol. The molecule has 1 aliphatic carbocycles. The second kappa shape index (κ2) is 7.17. The number of benzene rings is 1. The van der Waals surface area contributed by atoms with E-state index in [-0.39, 0.29) is 28.8 Å². The van der Waals surface area contributed by atoms with E-state index in [1.54, 1.807) is 24.3 Å². The van der Waals surface area contributed by atoms with Crippen LogP contribution < -0.4 is 10.8 Å². The first kappa shape index (κ1) is 20.7. The molecule has 3 aromatic rings. The summed E-state index contributed by atoms with van der Waals surface area (Å²) in [4.78, 5) is 21.9. The third-order valence-electron chi connectivity index (χ3n) is 5.33. The van der Waals surface area contributed by atoms with Crippen molar-refractivity contribution in [2.24, 2.45) is 0 Å². The first-order valence-electron chi connectivity index (χ1n) is 9.18. The molecule has 5 rings (SSSR count). The number of imidazole rings is 1. The number of ether oxygens (including phenoxy) is 1. The van der Waals surface area contributed by atoms with E-state index in [9.17, 15) is 14.6 Å². The Labute approximate surface area is 179 Å². The third kappa shape index (κ3) is 3.40. The Balaban J connectivity index is 1.30. The van der Waals surface area contributed by atoms with Gasteiger partial charge in [-0.2, -0.15) is 9.97 Å². The number of alkyl halides is 1. The molecule has 0 bridgehead atoms. The van der Waals surface area contributed by atoms with Gasteiger partial charge in [0, 0.05) is 6.54 Å². The van der Waals surface area contributed by atoms with Crippen LogP contribution in [0, 0.1) is 0 Å². The molecule has 0 spiro atoms. The summed E-state index contributed by atoms with van der Waals surface area (Å²) in [6.45, 7) is 0.0515. The van der Waals surface area contributed by atoms with Gasteiger partial charge in [0.2, 0.25) is 5.28 Å². The SMILES string of the molecule is Nc1nc(Cl)nc2c1ncn2[C@@H]1O[C@@H]2C(OP(=O)(O)NCc3ccccc3)[C@]2(O)[C@@H]1F. The molecule has 11 nitrogen and oxygen atoms in total. The van der Waals surface area contributed by atoms with Crippen LogP contribution in [0.2, 0.25) is 5.28 Å². The summed E-state index contributed by atoms with van der Waals surface area (Å²) in [6, 6.07) is 8.89. The van der Waals surface area contributed by atoms with Crippen LogP contribution in [-0.2, 0) is 20.4 Å². The number of nitrogen functional groups attached to an aromatic ring is 1. The largest absolute Gasteiger partial charge is 0.403 e. The quantitative estimate of drug-likeness (QED) is 0.306. The highest BCUT2D eigenvalue weighted by molar-refractivity contribution is 7.50. The fourth-order valence-corrected chi connectivity index (χ4v) is 4.91. The minimum atomic E-state index is -4.34. The molecule has 0 amide bonds. The molecule has 6 atom stereocenters. The molecule has 2 fully saturated rings. The molecule has 2 aromatic heterocycles. The number of hydrogen-bond acceptors (Lipinski definition) is 8. The third-order valence-corrected chi connectivity index (χ3v) is 6.57. The van der Waals surface area contributed by atoms with Crippen molar-refractivity contribution in [1.29, 1.82) is 0 Å². The van der Waals surface area contributed by atoms with Gasteiger partial charge >= 0.3 is 7.75 Å². The topological polar surface area (TPSA) is 158 Å². The summed E-state index contributed by atoms with van der Waals surface area (Å²) in [5.41, 5.74) is 4.73. The maximum absolute atomic E-state index is 15.2. The van der Waals surface area contributed by atoms with Crippen LogP contribution in [-0.4, -0.2) is 53.5 Å². The van der Waals surface area contributed by atoms with Gasteiger partial charge in [0.25, 0.3) is 0 Å². The van der Waals surface area contributed by atoms with Crippen LogP contribution in [0.25, 0.3) is 11.2 Å². The average Bonchev–Trinajstić information content (AvgIpc) is 3.01. The Kier molecular flexibility index (Phi) is 4.79. The van der Waals surface area contributed by atoms with Crippen LogP contribution in [0.4, 0.5) is 10.2 Å². The minimum Gasteiger partial charge on any atom is -0.382 e. The van der Waals surface area contributed by atoms with Gasteiger partial charge in [-0.15, -0.1) is 0 Å². The molecule has 5 N–H and O–H groups in total. The number of nitrogens with one attached hydrogen (secondary N) is 1. The summed E-state index contributed by atoms with van der Waals surface area (Å²) >= 11 is 5.82. The lowest BCUT2D eigenvalue weighted by Gasteiger charge is -2.23. The lowest BCUT2D eigenvalue weighted by molar-refractivity contribution is -0.0574. The number of nitrogens with two attached hydrogens (primary N) is 1. The van der Waals surface area contributed by atoms with E-state index in [4.69, 9.17) is 26.6 Å². The fourth-order valence-electron chi connectivity index (χ4n) is 3.69. The van der Waals surface area contributed by atoms with Gasteiger partial charge < -0.3 is 20.5 Å². The van der Waals surface area contributed by atoms with Gasteiger partial charge in [0.15, 0.2) is 29.5 Å². The van der Waals surface area contributed by atoms with E-state index in [0.717, 1.165) is 5.56 Å². The number of anilines is 1. The monoisotopic (exact) mass is 470 g/mol. The number of nitrogens with zero attached hydrogens (tertiary/aromatic N) is 4. The first-order valence-corrected chi connectivity index (χ1v) is 11.1. The zero-order chi connectivity index (χ0) is 22.0. The number of aliphatic hydroxyl groups is 1. The molecule has 14 heteroatoms.